The highest BCUT2D eigenvalue weighted by molar-refractivity contribution is 7.10. The quantitative estimate of drug-likeness (QED) is 0.823. The van der Waals surface area contributed by atoms with Crippen molar-refractivity contribution in [3.05, 3.63) is 22.4 Å². The Balaban J connectivity index is 2.67. The Morgan fingerprint density at radius 2 is 2.21 bits per heavy atom. The Bertz CT molecular complexity index is 418. The lowest BCUT2D eigenvalue weighted by Gasteiger charge is -2.22. The van der Waals surface area contributed by atoms with Gasteiger partial charge in [0, 0.05) is 25.4 Å². The molecule has 2 atom stereocenters. The van der Waals surface area contributed by atoms with Crippen LogP contribution in [0.4, 0.5) is 0 Å². The van der Waals surface area contributed by atoms with Crippen LogP contribution >= 0.6 is 11.3 Å². The summed E-state index contributed by atoms with van der Waals surface area (Å²) in [4.78, 5) is 25.7. The van der Waals surface area contributed by atoms with Crippen LogP contribution in [0.1, 0.15) is 31.2 Å². The van der Waals surface area contributed by atoms with Crippen molar-refractivity contribution in [2.24, 2.45) is 0 Å². The number of thiophene rings is 1. The molecule has 2 N–H and O–H groups in total. The molecule has 0 aliphatic carbocycles. The number of aliphatic hydroxyl groups is 1. The Kier molecular flexibility index (Phi) is 5.98. The zero-order valence-corrected chi connectivity index (χ0v) is 12.2. The molecule has 1 heterocycles. The molecule has 0 aromatic carbocycles. The summed E-state index contributed by atoms with van der Waals surface area (Å²) in [5, 5.41) is 14.0. The number of hydrogen-bond donors (Lipinski definition) is 2. The summed E-state index contributed by atoms with van der Waals surface area (Å²) >= 11 is 1.51. The number of carbonyl (C=O) groups excluding carboxylic acids is 2. The molecule has 6 heteroatoms. The van der Waals surface area contributed by atoms with Gasteiger partial charge in [-0.25, -0.2) is 0 Å². The summed E-state index contributed by atoms with van der Waals surface area (Å²) in [7, 11) is 1.65. The second-order valence-corrected chi connectivity index (χ2v) is 5.58. The molecule has 0 bridgehead atoms. The molecule has 0 aliphatic heterocycles. The van der Waals surface area contributed by atoms with Crippen LogP contribution in [-0.2, 0) is 9.59 Å². The number of hydrogen-bond acceptors (Lipinski definition) is 4. The maximum absolute atomic E-state index is 12.0. The van der Waals surface area contributed by atoms with Gasteiger partial charge in [0.25, 0.3) is 0 Å². The maximum atomic E-state index is 12.0. The predicted molar refractivity (Wildman–Crippen MR) is 74.8 cm³/mol. The van der Waals surface area contributed by atoms with E-state index < -0.39 is 6.10 Å². The fraction of sp³-hybridized carbons (Fsp3) is 0.538. The Morgan fingerprint density at radius 1 is 1.53 bits per heavy atom. The summed E-state index contributed by atoms with van der Waals surface area (Å²) in [5.74, 6) is -0.266. The summed E-state index contributed by atoms with van der Waals surface area (Å²) in [6.07, 6.45) is -0.363. The van der Waals surface area contributed by atoms with Crippen molar-refractivity contribution in [1.82, 2.24) is 10.2 Å². The first-order chi connectivity index (χ1) is 8.90. The van der Waals surface area contributed by atoms with E-state index >= 15 is 0 Å². The highest BCUT2D eigenvalue weighted by Gasteiger charge is 2.20. The van der Waals surface area contributed by atoms with Crippen LogP contribution in [0.25, 0.3) is 0 Å². The molecule has 1 rings (SSSR count). The maximum Gasteiger partial charge on any atom is 0.224 e. The van der Waals surface area contributed by atoms with E-state index in [4.69, 9.17) is 0 Å². The highest BCUT2D eigenvalue weighted by Crippen LogP contribution is 2.22. The molecule has 2 amide bonds. The highest BCUT2D eigenvalue weighted by atomic mass is 32.1. The van der Waals surface area contributed by atoms with E-state index in [2.05, 4.69) is 5.32 Å². The van der Waals surface area contributed by atoms with Crippen molar-refractivity contribution in [2.75, 3.05) is 13.6 Å². The van der Waals surface area contributed by atoms with Crippen molar-refractivity contribution in [1.29, 1.82) is 0 Å². The van der Waals surface area contributed by atoms with Crippen LogP contribution in [0, 0.1) is 0 Å². The van der Waals surface area contributed by atoms with Gasteiger partial charge in [0.2, 0.25) is 11.8 Å². The number of nitrogens with zero attached hydrogens (tertiary/aromatic N) is 1. The van der Waals surface area contributed by atoms with Crippen molar-refractivity contribution in [3.8, 4) is 0 Å². The lowest BCUT2D eigenvalue weighted by atomic mass is 10.1. The number of carbonyl (C=O) groups is 2. The number of likely N-dealkylation sites (N-methyl/N-ethyl adjacent to an activating group) is 1. The molecule has 0 fully saturated rings. The molecule has 1 aromatic rings. The van der Waals surface area contributed by atoms with Crippen LogP contribution in [0.3, 0.4) is 0 Å². The zero-order chi connectivity index (χ0) is 14.4. The summed E-state index contributed by atoms with van der Waals surface area (Å²) in [6, 6.07) is 3.48. The first-order valence-electron chi connectivity index (χ1n) is 6.12. The minimum Gasteiger partial charge on any atom is -0.392 e. The lowest BCUT2D eigenvalue weighted by molar-refractivity contribution is -0.131. The van der Waals surface area contributed by atoms with Crippen molar-refractivity contribution in [3.63, 3.8) is 0 Å². The lowest BCUT2D eigenvalue weighted by Crippen LogP contribution is -2.36. The number of amides is 2. The Hall–Kier alpha value is -1.40. The number of rotatable bonds is 6. The van der Waals surface area contributed by atoms with Gasteiger partial charge in [-0.05, 0) is 18.4 Å². The zero-order valence-electron chi connectivity index (χ0n) is 11.4. The molecule has 106 valence electrons. The van der Waals surface area contributed by atoms with Crippen LogP contribution in [0.15, 0.2) is 17.5 Å². The van der Waals surface area contributed by atoms with Gasteiger partial charge in [-0.2, -0.15) is 0 Å². The smallest absolute Gasteiger partial charge is 0.224 e. The van der Waals surface area contributed by atoms with Gasteiger partial charge in [0.05, 0.1) is 18.6 Å². The summed E-state index contributed by atoms with van der Waals surface area (Å²) in [5.41, 5.74) is 0. The van der Waals surface area contributed by atoms with E-state index in [0.29, 0.717) is 0 Å². The van der Waals surface area contributed by atoms with Crippen LogP contribution in [0.2, 0.25) is 0 Å². The largest absolute Gasteiger partial charge is 0.392 e. The fourth-order valence-electron chi connectivity index (χ4n) is 1.79. The molecule has 5 nitrogen and oxygen atoms in total. The third-order valence-corrected chi connectivity index (χ3v) is 3.59. The van der Waals surface area contributed by atoms with E-state index in [9.17, 15) is 14.7 Å². The van der Waals surface area contributed by atoms with Crippen LogP contribution < -0.4 is 5.32 Å². The minimum absolute atomic E-state index is 0.104. The topological polar surface area (TPSA) is 69.6 Å². The fourth-order valence-corrected chi connectivity index (χ4v) is 2.56. The molecule has 0 spiro atoms. The van der Waals surface area contributed by atoms with Gasteiger partial charge in [0.1, 0.15) is 0 Å². The molecular formula is C13H20N2O3S. The van der Waals surface area contributed by atoms with E-state index in [1.807, 2.05) is 17.5 Å². The van der Waals surface area contributed by atoms with Gasteiger partial charge in [-0.15, -0.1) is 11.3 Å². The first kappa shape index (κ1) is 15.7. The summed E-state index contributed by atoms with van der Waals surface area (Å²) < 4.78 is 0. The molecular weight excluding hydrogens is 264 g/mol. The molecule has 0 saturated carbocycles. The standard InChI is InChI=1S/C13H20N2O3S/c1-9(16)8-15(3)13(18)7-11(14-10(2)17)12-5-4-6-19-12/h4-6,9,11,16H,7-8H2,1-3H3,(H,14,17). The minimum atomic E-state index is -0.560. The van der Waals surface area contributed by atoms with Gasteiger partial charge in [-0.3, -0.25) is 9.59 Å². The average molecular weight is 284 g/mol. The molecule has 0 radical (unpaired) electrons. The summed E-state index contributed by atoms with van der Waals surface area (Å²) in [6.45, 7) is 3.36. The van der Waals surface area contributed by atoms with E-state index in [1.54, 1.807) is 14.0 Å². The SMILES string of the molecule is CC(=O)NC(CC(=O)N(C)CC(C)O)c1cccs1. The molecule has 19 heavy (non-hydrogen) atoms. The Morgan fingerprint density at radius 3 is 2.68 bits per heavy atom. The predicted octanol–water partition coefficient (Wildman–Crippen LogP) is 1.15. The number of nitrogens with one attached hydrogen (secondary N) is 1. The monoisotopic (exact) mass is 284 g/mol. The average Bonchev–Trinajstić information content (AvgIpc) is 2.79. The second-order valence-electron chi connectivity index (χ2n) is 4.60. The van der Waals surface area contributed by atoms with Crippen molar-refractivity contribution in [2.45, 2.75) is 32.4 Å². The van der Waals surface area contributed by atoms with Gasteiger partial charge >= 0.3 is 0 Å². The van der Waals surface area contributed by atoms with E-state index in [-0.39, 0.29) is 30.8 Å². The van der Waals surface area contributed by atoms with Crippen molar-refractivity contribution >= 4 is 23.2 Å². The third kappa shape index (κ3) is 5.40. The number of aliphatic hydroxyl groups excluding tert-OH is 1. The third-order valence-electron chi connectivity index (χ3n) is 2.61. The van der Waals surface area contributed by atoms with Crippen LogP contribution in [-0.4, -0.2) is 41.5 Å². The van der Waals surface area contributed by atoms with Crippen LogP contribution in [0.5, 0.6) is 0 Å². The first-order valence-corrected chi connectivity index (χ1v) is 7.00. The van der Waals surface area contributed by atoms with Crippen molar-refractivity contribution < 1.29 is 14.7 Å². The van der Waals surface area contributed by atoms with Gasteiger partial charge in [-0.1, -0.05) is 6.07 Å². The molecule has 0 aliphatic rings. The Labute approximate surface area is 117 Å². The van der Waals surface area contributed by atoms with Gasteiger partial charge < -0.3 is 15.3 Å². The molecule has 2 unspecified atom stereocenters. The normalized spacial score (nSPS) is 13.7. The van der Waals surface area contributed by atoms with E-state index in [1.165, 1.54) is 23.2 Å². The molecule has 1 aromatic heterocycles. The van der Waals surface area contributed by atoms with E-state index in [0.717, 1.165) is 4.88 Å². The second kappa shape index (κ2) is 7.25. The molecule has 0 saturated heterocycles. The van der Waals surface area contributed by atoms with Gasteiger partial charge in [0.15, 0.2) is 0 Å².